The second kappa shape index (κ2) is 8.11. The van der Waals surface area contributed by atoms with E-state index in [0.29, 0.717) is 23.6 Å². The van der Waals surface area contributed by atoms with Crippen LogP contribution in [-0.4, -0.2) is 29.9 Å². The van der Waals surface area contributed by atoms with Crippen LogP contribution in [0.2, 0.25) is 0 Å². The van der Waals surface area contributed by atoms with Gasteiger partial charge in [0.25, 0.3) is 0 Å². The third kappa shape index (κ3) is 3.97. The van der Waals surface area contributed by atoms with Crippen LogP contribution in [0.25, 0.3) is 11.3 Å². The molecule has 0 atom stereocenters. The lowest BCUT2D eigenvalue weighted by atomic mass is 10.1. The standard InChI is InChI=1S/C20H18N2O4/c1-3-25-15-10-8-14(9-11-15)17-12-13-19(22-21-17)26-20(23)16-6-4-5-7-18(16)24-2/h4-13H,3H2,1-2H3. The van der Waals surface area contributed by atoms with E-state index in [4.69, 9.17) is 14.2 Å². The first-order valence-electron chi connectivity index (χ1n) is 8.13. The van der Waals surface area contributed by atoms with E-state index >= 15 is 0 Å². The fourth-order valence-corrected chi connectivity index (χ4v) is 2.38. The third-order valence-electron chi connectivity index (χ3n) is 3.63. The number of carbonyl (C=O) groups excluding carboxylic acids is 1. The van der Waals surface area contributed by atoms with Crippen molar-refractivity contribution in [1.29, 1.82) is 0 Å². The highest BCUT2D eigenvalue weighted by Gasteiger charge is 2.15. The minimum atomic E-state index is -0.550. The smallest absolute Gasteiger partial charge is 0.348 e. The highest BCUT2D eigenvalue weighted by molar-refractivity contribution is 5.93. The lowest BCUT2D eigenvalue weighted by molar-refractivity contribution is 0.0722. The monoisotopic (exact) mass is 350 g/mol. The van der Waals surface area contributed by atoms with Crippen LogP contribution in [0.15, 0.2) is 60.7 Å². The number of nitrogens with zero attached hydrogens (tertiary/aromatic N) is 2. The number of aromatic nitrogens is 2. The van der Waals surface area contributed by atoms with Crippen molar-refractivity contribution in [2.24, 2.45) is 0 Å². The molecule has 3 rings (SSSR count). The average molecular weight is 350 g/mol. The molecule has 0 radical (unpaired) electrons. The van der Waals surface area contributed by atoms with E-state index in [1.165, 1.54) is 7.11 Å². The molecule has 1 heterocycles. The maximum atomic E-state index is 12.3. The molecule has 0 spiro atoms. The minimum absolute atomic E-state index is 0.121. The topological polar surface area (TPSA) is 70.5 Å². The Labute approximate surface area is 151 Å². The van der Waals surface area contributed by atoms with Gasteiger partial charge in [-0.05, 0) is 49.4 Å². The Bertz CT molecular complexity index is 877. The number of para-hydroxylation sites is 1. The van der Waals surface area contributed by atoms with Gasteiger partial charge in [0.1, 0.15) is 17.1 Å². The molecule has 0 unspecified atom stereocenters. The van der Waals surface area contributed by atoms with E-state index in [2.05, 4.69) is 10.2 Å². The maximum Gasteiger partial charge on any atom is 0.348 e. The van der Waals surface area contributed by atoms with Gasteiger partial charge >= 0.3 is 5.97 Å². The largest absolute Gasteiger partial charge is 0.496 e. The minimum Gasteiger partial charge on any atom is -0.496 e. The summed E-state index contributed by atoms with van der Waals surface area (Å²) in [5, 5.41) is 8.08. The van der Waals surface area contributed by atoms with Crippen LogP contribution in [0.4, 0.5) is 0 Å². The van der Waals surface area contributed by atoms with Crippen LogP contribution >= 0.6 is 0 Å². The molecule has 0 bridgehead atoms. The van der Waals surface area contributed by atoms with E-state index in [1.54, 1.807) is 36.4 Å². The van der Waals surface area contributed by atoms with Crippen molar-refractivity contribution in [3.8, 4) is 28.6 Å². The quantitative estimate of drug-likeness (QED) is 0.630. The number of benzene rings is 2. The lowest BCUT2D eigenvalue weighted by Crippen LogP contribution is -2.11. The van der Waals surface area contributed by atoms with Gasteiger partial charge in [-0.2, -0.15) is 0 Å². The van der Waals surface area contributed by atoms with Gasteiger partial charge in [-0.3, -0.25) is 0 Å². The molecule has 0 N–H and O–H groups in total. The first-order chi connectivity index (χ1) is 12.7. The van der Waals surface area contributed by atoms with Gasteiger partial charge in [-0.15, -0.1) is 10.2 Å². The first kappa shape index (κ1) is 17.4. The number of esters is 1. The number of hydrogen-bond acceptors (Lipinski definition) is 6. The van der Waals surface area contributed by atoms with Crippen LogP contribution < -0.4 is 14.2 Å². The predicted molar refractivity (Wildman–Crippen MR) is 96.6 cm³/mol. The van der Waals surface area contributed by atoms with Gasteiger partial charge in [-0.1, -0.05) is 12.1 Å². The van der Waals surface area contributed by atoms with Crippen molar-refractivity contribution in [2.75, 3.05) is 13.7 Å². The van der Waals surface area contributed by atoms with Crippen molar-refractivity contribution in [2.45, 2.75) is 6.92 Å². The van der Waals surface area contributed by atoms with Gasteiger partial charge in [0, 0.05) is 11.6 Å². The molecular weight excluding hydrogens is 332 g/mol. The number of rotatable bonds is 6. The van der Waals surface area contributed by atoms with Crippen molar-refractivity contribution in [1.82, 2.24) is 10.2 Å². The molecule has 0 amide bonds. The molecule has 3 aromatic rings. The average Bonchev–Trinajstić information content (AvgIpc) is 2.69. The summed E-state index contributed by atoms with van der Waals surface area (Å²) in [4.78, 5) is 12.3. The fourth-order valence-electron chi connectivity index (χ4n) is 2.38. The van der Waals surface area contributed by atoms with Crippen LogP contribution in [0, 0.1) is 0 Å². The number of methoxy groups -OCH3 is 1. The normalized spacial score (nSPS) is 10.2. The van der Waals surface area contributed by atoms with Crippen LogP contribution in [0.1, 0.15) is 17.3 Å². The molecule has 6 nitrogen and oxygen atoms in total. The maximum absolute atomic E-state index is 12.3. The Morgan fingerprint density at radius 1 is 0.962 bits per heavy atom. The SMILES string of the molecule is CCOc1ccc(-c2ccc(OC(=O)c3ccccc3OC)nn2)cc1. The van der Waals surface area contributed by atoms with Crippen molar-refractivity contribution < 1.29 is 19.0 Å². The first-order valence-corrected chi connectivity index (χ1v) is 8.13. The second-order valence-electron chi connectivity index (χ2n) is 5.30. The molecule has 0 aliphatic rings. The zero-order valence-corrected chi connectivity index (χ0v) is 14.5. The molecule has 0 aliphatic carbocycles. The molecule has 1 aromatic heterocycles. The van der Waals surface area contributed by atoms with Crippen LogP contribution in [0.5, 0.6) is 17.4 Å². The second-order valence-corrected chi connectivity index (χ2v) is 5.30. The Hall–Kier alpha value is -3.41. The lowest BCUT2D eigenvalue weighted by Gasteiger charge is -2.08. The zero-order valence-electron chi connectivity index (χ0n) is 14.5. The van der Waals surface area contributed by atoms with E-state index in [1.807, 2.05) is 31.2 Å². The summed E-state index contributed by atoms with van der Waals surface area (Å²) >= 11 is 0. The number of hydrogen-bond donors (Lipinski definition) is 0. The van der Waals surface area contributed by atoms with Crippen molar-refractivity contribution >= 4 is 5.97 Å². The number of ether oxygens (including phenoxy) is 3. The highest BCUT2D eigenvalue weighted by Crippen LogP contribution is 2.22. The molecule has 0 saturated heterocycles. The molecule has 0 fully saturated rings. The molecule has 0 aliphatic heterocycles. The Balaban J connectivity index is 1.72. The molecule has 26 heavy (non-hydrogen) atoms. The third-order valence-corrected chi connectivity index (χ3v) is 3.63. The summed E-state index contributed by atoms with van der Waals surface area (Å²) in [6.07, 6.45) is 0. The number of carbonyl (C=O) groups is 1. The highest BCUT2D eigenvalue weighted by atomic mass is 16.5. The molecular formula is C20H18N2O4. The summed E-state index contributed by atoms with van der Waals surface area (Å²) in [5.74, 6) is 0.809. The predicted octanol–water partition coefficient (Wildman–Crippen LogP) is 3.77. The van der Waals surface area contributed by atoms with Gasteiger partial charge in [0.2, 0.25) is 5.88 Å². The van der Waals surface area contributed by atoms with Crippen LogP contribution in [-0.2, 0) is 0 Å². The summed E-state index contributed by atoms with van der Waals surface area (Å²) in [6.45, 7) is 2.55. The summed E-state index contributed by atoms with van der Waals surface area (Å²) in [5.41, 5.74) is 1.89. The van der Waals surface area contributed by atoms with E-state index in [9.17, 15) is 4.79 Å². The van der Waals surface area contributed by atoms with Gasteiger partial charge < -0.3 is 14.2 Å². The van der Waals surface area contributed by atoms with Gasteiger partial charge in [-0.25, -0.2) is 4.79 Å². The van der Waals surface area contributed by atoms with E-state index in [0.717, 1.165) is 11.3 Å². The summed E-state index contributed by atoms with van der Waals surface area (Å²) < 4.78 is 15.9. The zero-order chi connectivity index (χ0) is 18.4. The summed E-state index contributed by atoms with van der Waals surface area (Å²) in [7, 11) is 1.50. The van der Waals surface area contributed by atoms with Gasteiger partial charge in [0.15, 0.2) is 0 Å². The Morgan fingerprint density at radius 3 is 2.38 bits per heavy atom. The van der Waals surface area contributed by atoms with E-state index < -0.39 is 5.97 Å². The Morgan fingerprint density at radius 2 is 1.73 bits per heavy atom. The summed E-state index contributed by atoms with van der Waals surface area (Å²) in [6, 6.07) is 17.7. The molecule has 132 valence electrons. The van der Waals surface area contributed by atoms with Crippen LogP contribution in [0.3, 0.4) is 0 Å². The molecule has 6 heteroatoms. The van der Waals surface area contributed by atoms with Gasteiger partial charge in [0.05, 0.1) is 19.4 Å². The van der Waals surface area contributed by atoms with E-state index in [-0.39, 0.29) is 5.88 Å². The van der Waals surface area contributed by atoms with Crippen molar-refractivity contribution in [3.05, 3.63) is 66.2 Å². The Kier molecular flexibility index (Phi) is 5.43. The fraction of sp³-hybridized carbons (Fsp3) is 0.150. The van der Waals surface area contributed by atoms with Crippen molar-refractivity contribution in [3.63, 3.8) is 0 Å². The molecule has 2 aromatic carbocycles. The molecule has 0 saturated carbocycles.